The van der Waals surface area contributed by atoms with Gasteiger partial charge in [0.2, 0.25) is 0 Å². The zero-order valence-corrected chi connectivity index (χ0v) is 16.2. The molecule has 0 aliphatic rings. The lowest BCUT2D eigenvalue weighted by Crippen LogP contribution is -2.10. The number of fused-ring (bicyclic) bond motifs is 1. The van der Waals surface area contributed by atoms with E-state index in [4.69, 9.17) is 4.74 Å². The van der Waals surface area contributed by atoms with Crippen LogP contribution in [0.15, 0.2) is 59.4 Å². The molecule has 1 N–H and O–H groups in total. The molecule has 4 aromatic rings. The van der Waals surface area contributed by atoms with Crippen LogP contribution >= 0.6 is 0 Å². The summed E-state index contributed by atoms with van der Waals surface area (Å²) < 4.78 is 46.3. The summed E-state index contributed by atoms with van der Waals surface area (Å²) in [5.74, 6) is 0. The van der Waals surface area contributed by atoms with Gasteiger partial charge in [0, 0.05) is 18.7 Å². The van der Waals surface area contributed by atoms with E-state index in [1.54, 1.807) is 0 Å². The van der Waals surface area contributed by atoms with Crippen molar-refractivity contribution in [1.82, 2.24) is 14.6 Å². The molecule has 0 fully saturated rings. The fraction of sp³-hybridized carbons (Fsp3) is 0.182. The zero-order valence-electron chi connectivity index (χ0n) is 16.2. The Morgan fingerprint density at radius 3 is 2.47 bits per heavy atom. The quantitative estimate of drug-likeness (QED) is 0.521. The number of H-pyrrole nitrogens is 1. The predicted octanol–water partition coefficient (Wildman–Crippen LogP) is 4.83. The van der Waals surface area contributed by atoms with E-state index in [0.29, 0.717) is 16.9 Å². The second-order valence-corrected chi connectivity index (χ2v) is 6.98. The SMILES string of the molecule is COCc1nn2c(-c3cccc(C(F)(F)F)c3)cc(=O)[nH]c2c1-c1ccc(C)cc1. The number of rotatable bonds is 4. The summed E-state index contributed by atoms with van der Waals surface area (Å²) in [6.07, 6.45) is -4.49. The van der Waals surface area contributed by atoms with E-state index in [1.807, 2.05) is 31.2 Å². The predicted molar refractivity (Wildman–Crippen MR) is 107 cm³/mol. The maximum atomic E-state index is 13.2. The van der Waals surface area contributed by atoms with Crippen molar-refractivity contribution in [3.63, 3.8) is 0 Å². The Morgan fingerprint density at radius 2 is 1.80 bits per heavy atom. The van der Waals surface area contributed by atoms with Crippen LogP contribution in [0.2, 0.25) is 0 Å². The molecule has 0 unspecified atom stereocenters. The molecule has 0 aliphatic heterocycles. The number of hydrogen-bond donors (Lipinski definition) is 1. The summed E-state index contributed by atoms with van der Waals surface area (Å²) in [6.45, 7) is 2.14. The zero-order chi connectivity index (χ0) is 21.5. The molecule has 2 heterocycles. The Hall–Kier alpha value is -3.39. The molecule has 8 heteroatoms. The number of aromatic nitrogens is 3. The van der Waals surface area contributed by atoms with Crippen molar-refractivity contribution in [1.29, 1.82) is 0 Å². The van der Waals surface area contributed by atoms with Crippen LogP contribution in [0.25, 0.3) is 28.0 Å². The average molecular weight is 413 g/mol. The number of methoxy groups -OCH3 is 1. The maximum absolute atomic E-state index is 13.2. The van der Waals surface area contributed by atoms with Gasteiger partial charge < -0.3 is 9.72 Å². The van der Waals surface area contributed by atoms with Gasteiger partial charge in [0.05, 0.1) is 29.1 Å². The van der Waals surface area contributed by atoms with Gasteiger partial charge in [-0.15, -0.1) is 0 Å². The molecule has 5 nitrogen and oxygen atoms in total. The minimum atomic E-state index is -4.49. The van der Waals surface area contributed by atoms with Gasteiger partial charge in [-0.2, -0.15) is 18.3 Å². The molecule has 2 aromatic heterocycles. The van der Waals surface area contributed by atoms with E-state index >= 15 is 0 Å². The average Bonchev–Trinajstić information content (AvgIpc) is 3.05. The van der Waals surface area contributed by atoms with Gasteiger partial charge >= 0.3 is 6.18 Å². The van der Waals surface area contributed by atoms with Gasteiger partial charge in [-0.3, -0.25) is 4.79 Å². The van der Waals surface area contributed by atoms with Crippen molar-refractivity contribution in [2.45, 2.75) is 19.7 Å². The molecule has 0 bridgehead atoms. The Bertz CT molecular complexity index is 1270. The van der Waals surface area contributed by atoms with Gasteiger partial charge in [-0.25, -0.2) is 4.52 Å². The number of hydrogen-bond acceptors (Lipinski definition) is 3. The Morgan fingerprint density at radius 1 is 1.07 bits per heavy atom. The molecule has 2 aromatic carbocycles. The van der Waals surface area contributed by atoms with Crippen molar-refractivity contribution < 1.29 is 17.9 Å². The van der Waals surface area contributed by atoms with Crippen LogP contribution in [0.3, 0.4) is 0 Å². The Balaban J connectivity index is 2.01. The molecule has 0 atom stereocenters. The van der Waals surface area contributed by atoms with Crippen LogP contribution in [0, 0.1) is 6.92 Å². The normalized spacial score (nSPS) is 11.9. The summed E-state index contributed by atoms with van der Waals surface area (Å²) in [5.41, 5.74) is 2.79. The fourth-order valence-corrected chi connectivity index (χ4v) is 3.41. The second-order valence-electron chi connectivity index (χ2n) is 6.98. The van der Waals surface area contributed by atoms with Gasteiger partial charge in [-0.05, 0) is 24.6 Å². The van der Waals surface area contributed by atoms with E-state index in [9.17, 15) is 18.0 Å². The first-order valence-electron chi connectivity index (χ1n) is 9.16. The number of nitrogens with one attached hydrogen (secondary N) is 1. The van der Waals surface area contributed by atoms with E-state index < -0.39 is 17.3 Å². The lowest BCUT2D eigenvalue weighted by Gasteiger charge is -2.10. The number of benzene rings is 2. The Labute approximate surface area is 169 Å². The molecule has 0 aliphatic carbocycles. The standard InChI is InChI=1S/C22H18F3N3O2/c1-13-6-8-14(9-7-13)20-17(12-30-2)27-28-18(11-19(29)26-21(20)28)15-4-3-5-16(10-15)22(23,24)25/h3-11H,12H2,1-2H3,(H,26,29). The lowest BCUT2D eigenvalue weighted by molar-refractivity contribution is -0.137. The van der Waals surface area contributed by atoms with Crippen molar-refractivity contribution in [3.05, 3.63) is 81.8 Å². The smallest absolute Gasteiger partial charge is 0.378 e. The number of halogens is 3. The van der Waals surface area contributed by atoms with E-state index in [-0.39, 0.29) is 17.9 Å². The molecular formula is C22H18F3N3O2. The van der Waals surface area contributed by atoms with Crippen molar-refractivity contribution >= 4 is 5.65 Å². The van der Waals surface area contributed by atoms with Crippen molar-refractivity contribution in [2.75, 3.05) is 7.11 Å². The molecular weight excluding hydrogens is 395 g/mol. The minimum absolute atomic E-state index is 0.176. The molecule has 30 heavy (non-hydrogen) atoms. The number of alkyl halides is 3. The molecule has 0 amide bonds. The van der Waals surface area contributed by atoms with E-state index in [0.717, 1.165) is 23.3 Å². The van der Waals surface area contributed by atoms with E-state index in [2.05, 4.69) is 10.1 Å². The highest BCUT2D eigenvalue weighted by atomic mass is 19.4. The first-order chi connectivity index (χ1) is 14.3. The van der Waals surface area contributed by atoms with Gasteiger partial charge in [-0.1, -0.05) is 42.0 Å². The second kappa shape index (κ2) is 7.46. The molecule has 4 rings (SSSR count). The first kappa shape index (κ1) is 19.9. The molecule has 0 radical (unpaired) electrons. The summed E-state index contributed by atoms with van der Waals surface area (Å²) in [6, 6.07) is 13.8. The fourth-order valence-electron chi connectivity index (χ4n) is 3.41. The van der Waals surface area contributed by atoms with Crippen molar-refractivity contribution in [2.24, 2.45) is 0 Å². The van der Waals surface area contributed by atoms with Gasteiger partial charge in [0.15, 0.2) is 0 Å². The van der Waals surface area contributed by atoms with Crippen molar-refractivity contribution in [3.8, 4) is 22.4 Å². The summed E-state index contributed by atoms with van der Waals surface area (Å²) in [5, 5.41) is 4.55. The highest BCUT2D eigenvalue weighted by Gasteiger charge is 2.30. The summed E-state index contributed by atoms with van der Waals surface area (Å²) in [4.78, 5) is 15.2. The third-order valence-corrected chi connectivity index (χ3v) is 4.80. The van der Waals surface area contributed by atoms with E-state index in [1.165, 1.54) is 29.8 Å². The topological polar surface area (TPSA) is 59.4 Å². The maximum Gasteiger partial charge on any atom is 0.416 e. The third kappa shape index (κ3) is 3.61. The Kier molecular flexibility index (Phi) is 4.95. The summed E-state index contributed by atoms with van der Waals surface area (Å²) >= 11 is 0. The number of ether oxygens (including phenoxy) is 1. The lowest BCUT2D eigenvalue weighted by atomic mass is 10.0. The molecule has 0 saturated heterocycles. The third-order valence-electron chi connectivity index (χ3n) is 4.80. The largest absolute Gasteiger partial charge is 0.416 e. The molecule has 0 saturated carbocycles. The monoisotopic (exact) mass is 413 g/mol. The number of aryl methyl sites for hydroxylation is 1. The van der Waals surface area contributed by atoms with Gasteiger partial charge in [0.25, 0.3) is 5.56 Å². The number of aromatic amines is 1. The van der Waals surface area contributed by atoms with Gasteiger partial charge in [0.1, 0.15) is 5.65 Å². The minimum Gasteiger partial charge on any atom is -0.378 e. The van der Waals surface area contributed by atoms with Crippen LogP contribution in [0.5, 0.6) is 0 Å². The molecule has 0 spiro atoms. The first-order valence-corrected chi connectivity index (χ1v) is 9.16. The van der Waals surface area contributed by atoms with Crippen LogP contribution in [-0.4, -0.2) is 21.7 Å². The number of nitrogens with zero attached hydrogens (tertiary/aromatic N) is 2. The van der Waals surface area contributed by atoms with Crippen LogP contribution in [0.4, 0.5) is 13.2 Å². The summed E-state index contributed by atoms with van der Waals surface area (Å²) in [7, 11) is 1.53. The highest BCUT2D eigenvalue weighted by Crippen LogP contribution is 2.34. The van der Waals surface area contributed by atoms with Crippen LogP contribution in [-0.2, 0) is 17.5 Å². The molecule has 154 valence electrons. The van der Waals surface area contributed by atoms with Crippen LogP contribution < -0.4 is 5.56 Å². The highest BCUT2D eigenvalue weighted by molar-refractivity contribution is 5.81. The van der Waals surface area contributed by atoms with Crippen LogP contribution in [0.1, 0.15) is 16.8 Å².